The van der Waals surface area contributed by atoms with Gasteiger partial charge in [-0.25, -0.2) is 0 Å². The van der Waals surface area contributed by atoms with Crippen molar-refractivity contribution in [2.75, 3.05) is 0 Å². The molecule has 13 heavy (non-hydrogen) atoms. The molecule has 0 bridgehead atoms. The van der Waals surface area contributed by atoms with Crippen LogP contribution in [-0.2, 0) is 26.1 Å². The summed E-state index contributed by atoms with van der Waals surface area (Å²) in [6, 6.07) is 5.52. The first-order valence-corrected chi connectivity index (χ1v) is 6.00. The molecular weight excluding hydrogens is 368 g/mol. The fourth-order valence-electron chi connectivity index (χ4n) is 1.02. The molecule has 0 aliphatic carbocycles. The van der Waals surface area contributed by atoms with E-state index in [1.165, 1.54) is 0 Å². The van der Waals surface area contributed by atoms with Gasteiger partial charge in [0.1, 0.15) is 0 Å². The molecule has 0 aliphatic rings. The van der Waals surface area contributed by atoms with Crippen molar-refractivity contribution in [3.8, 4) is 0 Å². The van der Waals surface area contributed by atoms with Gasteiger partial charge in [-0.2, -0.15) is 0 Å². The minimum Gasteiger partial charge on any atom is -0.870 e. The van der Waals surface area contributed by atoms with E-state index >= 15 is 0 Å². The average molecular weight is 375 g/mol. The van der Waals surface area contributed by atoms with Crippen LogP contribution >= 0.6 is 0 Å². The number of hydrogen-bond acceptors (Lipinski definition) is 3. The van der Waals surface area contributed by atoms with Gasteiger partial charge in [-0.15, -0.1) is 0 Å². The molecule has 0 spiro atoms. The van der Waals surface area contributed by atoms with Crippen LogP contribution in [0.25, 0.3) is 0 Å². The van der Waals surface area contributed by atoms with Gasteiger partial charge in [-0.3, -0.25) is 0 Å². The normalized spacial score (nSPS) is 8.23. The van der Waals surface area contributed by atoms with Gasteiger partial charge < -0.3 is 5.48 Å². The van der Waals surface area contributed by atoms with E-state index in [2.05, 4.69) is 0 Å². The third kappa shape index (κ3) is 4.08. The van der Waals surface area contributed by atoms with E-state index in [0.717, 1.165) is 8.64 Å². The summed E-state index contributed by atoms with van der Waals surface area (Å²) in [5, 5.41) is 10.6. The predicted molar refractivity (Wildman–Crippen MR) is 37.1 cm³/mol. The Balaban J connectivity index is 0. The molecule has 0 amide bonds. The van der Waals surface area contributed by atoms with Gasteiger partial charge in [0, 0.05) is 0 Å². The molecular formula is C8H7HgNaO3. The van der Waals surface area contributed by atoms with E-state index in [1.54, 1.807) is 13.0 Å². The van der Waals surface area contributed by atoms with Crippen molar-refractivity contribution < 1.29 is 71.1 Å². The largest absolute Gasteiger partial charge is 1.00 e. The van der Waals surface area contributed by atoms with Crippen molar-refractivity contribution in [3.63, 3.8) is 0 Å². The SMILES string of the molecule is Cc1ccc[c]([Hg+])c1C(=O)[O-].[Na+].[OH-]. The van der Waals surface area contributed by atoms with Gasteiger partial charge in [0.15, 0.2) is 0 Å². The minimum atomic E-state index is -1.05. The van der Waals surface area contributed by atoms with Crippen molar-refractivity contribution in [1.29, 1.82) is 0 Å². The van der Waals surface area contributed by atoms with E-state index in [0.29, 0.717) is 31.7 Å². The Labute approximate surface area is 115 Å². The number of benzene rings is 1. The van der Waals surface area contributed by atoms with Crippen molar-refractivity contribution >= 4 is 9.04 Å². The third-order valence-corrected chi connectivity index (χ3v) is 3.85. The Morgan fingerprint density at radius 1 is 1.46 bits per heavy atom. The Hall–Kier alpha value is 0.585. The molecule has 1 aromatic carbocycles. The number of aromatic carboxylic acids is 1. The maximum absolute atomic E-state index is 10.6. The molecule has 0 radical (unpaired) electrons. The number of carbonyl (C=O) groups is 1. The summed E-state index contributed by atoms with van der Waals surface area (Å²) in [6.07, 6.45) is 0. The molecule has 1 rings (SSSR count). The zero-order valence-electron chi connectivity index (χ0n) is 7.70. The van der Waals surface area contributed by atoms with Crippen LogP contribution < -0.4 is 37.7 Å². The zero-order chi connectivity index (χ0) is 8.43. The van der Waals surface area contributed by atoms with Gasteiger partial charge in [0.25, 0.3) is 0 Å². The molecule has 1 N–H and O–H groups in total. The van der Waals surface area contributed by atoms with Crippen LogP contribution in [0.15, 0.2) is 18.2 Å². The summed E-state index contributed by atoms with van der Waals surface area (Å²) >= 11 is 0.347. The van der Waals surface area contributed by atoms with Crippen LogP contribution in [-0.4, -0.2) is 11.4 Å². The number of carboxylic acid groups (broad SMARTS) is 1. The number of rotatable bonds is 1. The van der Waals surface area contributed by atoms with E-state index in [9.17, 15) is 9.90 Å². The van der Waals surface area contributed by atoms with E-state index in [4.69, 9.17) is 0 Å². The van der Waals surface area contributed by atoms with E-state index < -0.39 is 5.97 Å². The second-order valence-electron chi connectivity index (χ2n) is 2.40. The Morgan fingerprint density at radius 3 is 2.31 bits per heavy atom. The summed E-state index contributed by atoms with van der Waals surface area (Å²) in [6.45, 7) is 1.79. The molecule has 0 heterocycles. The van der Waals surface area contributed by atoms with Crippen LogP contribution in [0.1, 0.15) is 15.9 Å². The van der Waals surface area contributed by atoms with Gasteiger partial charge in [-0.05, 0) is 0 Å². The standard InChI is InChI=1S/C8H7O2.Hg.Na.H2O/c1-6-4-2-3-5-7(6)8(9)10;;;/h2-4H,1H3,(H,9,10);;;1H2/q;2*+1;/p-2. The molecule has 0 saturated heterocycles. The summed E-state index contributed by atoms with van der Waals surface area (Å²) in [4.78, 5) is 10.6. The first kappa shape index (κ1) is 16.0. The quantitative estimate of drug-likeness (QED) is 0.476. The van der Waals surface area contributed by atoms with Crippen molar-refractivity contribution in [1.82, 2.24) is 0 Å². The average Bonchev–Trinajstić information content (AvgIpc) is 1.85. The molecule has 0 fully saturated rings. The minimum absolute atomic E-state index is 0. The van der Waals surface area contributed by atoms with Crippen LogP contribution in [0.5, 0.6) is 0 Å². The molecule has 0 atom stereocenters. The fourth-order valence-corrected chi connectivity index (χ4v) is 3.19. The van der Waals surface area contributed by atoms with Crippen molar-refractivity contribution in [2.24, 2.45) is 0 Å². The van der Waals surface area contributed by atoms with E-state index in [1.807, 2.05) is 12.1 Å². The van der Waals surface area contributed by atoms with Crippen LogP contribution in [0.3, 0.4) is 0 Å². The second kappa shape index (κ2) is 6.95. The Morgan fingerprint density at radius 2 is 2.00 bits per heavy atom. The van der Waals surface area contributed by atoms with Gasteiger partial charge >= 0.3 is 111 Å². The first-order chi connectivity index (χ1) is 5.13. The zero-order valence-corrected chi connectivity index (χ0v) is 15.2. The number of carboxylic acids is 1. The maximum atomic E-state index is 10.6. The molecule has 5 heteroatoms. The summed E-state index contributed by atoms with van der Waals surface area (Å²) in [5.41, 5.74) is 1.20. The fraction of sp³-hybridized carbons (Fsp3) is 0.125. The molecule has 1 aromatic rings. The van der Waals surface area contributed by atoms with E-state index in [-0.39, 0.29) is 35.0 Å². The van der Waals surface area contributed by atoms with Gasteiger partial charge in [0.05, 0.1) is 0 Å². The smallest absolute Gasteiger partial charge is 0.870 e. The summed E-state index contributed by atoms with van der Waals surface area (Å²) in [5.74, 6) is -1.05. The molecule has 0 saturated carbocycles. The predicted octanol–water partition coefficient (Wildman–Crippen LogP) is -3.64. The maximum Gasteiger partial charge on any atom is 1.00 e. The van der Waals surface area contributed by atoms with Crippen molar-refractivity contribution in [3.05, 3.63) is 29.3 Å². The molecule has 0 unspecified atom stereocenters. The third-order valence-electron chi connectivity index (χ3n) is 1.56. The molecule has 3 nitrogen and oxygen atoms in total. The molecule has 0 aliphatic heterocycles. The summed E-state index contributed by atoms with van der Waals surface area (Å²) in [7, 11) is 0. The Kier molecular flexibility index (Phi) is 8.58. The van der Waals surface area contributed by atoms with Crippen LogP contribution in [0, 0.1) is 6.92 Å². The number of hydrogen-bond donors (Lipinski definition) is 0. The molecule has 60 valence electrons. The monoisotopic (exact) mass is 376 g/mol. The first-order valence-electron chi connectivity index (χ1n) is 3.26. The number of aryl methyl sites for hydroxylation is 1. The van der Waals surface area contributed by atoms with Gasteiger partial charge in [-0.1, -0.05) is 0 Å². The topological polar surface area (TPSA) is 70.1 Å². The van der Waals surface area contributed by atoms with Crippen molar-refractivity contribution in [2.45, 2.75) is 6.92 Å². The molecule has 0 aromatic heterocycles. The van der Waals surface area contributed by atoms with Gasteiger partial charge in [0.2, 0.25) is 0 Å². The van der Waals surface area contributed by atoms with Crippen LogP contribution in [0.2, 0.25) is 0 Å². The summed E-state index contributed by atoms with van der Waals surface area (Å²) < 4.78 is 0.949. The van der Waals surface area contributed by atoms with Crippen LogP contribution in [0.4, 0.5) is 0 Å². The Bertz CT molecular complexity index is 281. The number of carbonyl (C=O) groups excluding carboxylic acids is 1. The second-order valence-corrected chi connectivity index (χ2v) is 5.36.